The Morgan fingerprint density at radius 2 is 2.00 bits per heavy atom. The summed E-state index contributed by atoms with van der Waals surface area (Å²) in [7, 11) is 0. The van der Waals surface area contributed by atoms with Gasteiger partial charge in [0.1, 0.15) is 0 Å². The average molecular weight is 230 g/mol. The van der Waals surface area contributed by atoms with Crippen LogP contribution < -0.4 is 0 Å². The Hall–Kier alpha value is 0.180. The Bertz CT molecular complexity index is 161. The van der Waals surface area contributed by atoms with E-state index in [4.69, 9.17) is 0 Å². The average Bonchev–Trinajstić information content (AvgIpc) is 2.24. The maximum absolute atomic E-state index is 4.45. The van der Waals surface area contributed by atoms with Gasteiger partial charge in [0.15, 0.2) is 0 Å². The van der Waals surface area contributed by atoms with Crippen molar-refractivity contribution in [3.8, 4) is 0 Å². The van der Waals surface area contributed by atoms with E-state index in [9.17, 15) is 0 Å². The molecule has 2 heteroatoms. The minimum atomic E-state index is 0.423. The third-order valence-corrected chi connectivity index (χ3v) is 4.55. The summed E-state index contributed by atoms with van der Waals surface area (Å²) in [6.45, 7) is 8.20. The quantitative estimate of drug-likeness (QED) is 0.471. The van der Waals surface area contributed by atoms with Gasteiger partial charge in [-0.2, -0.15) is 12.6 Å². The Kier molecular flexibility index (Phi) is 8.59. The fourth-order valence-corrected chi connectivity index (χ4v) is 3.09. The van der Waals surface area contributed by atoms with Crippen molar-refractivity contribution in [2.75, 3.05) is 11.5 Å². The normalized spacial score (nSPS) is 12.2. The molecular formula is C12H22S2. The molecule has 0 N–H and O–H groups in total. The summed E-state index contributed by atoms with van der Waals surface area (Å²) >= 11 is 6.35. The first-order valence-corrected chi connectivity index (χ1v) is 6.91. The van der Waals surface area contributed by atoms with Crippen molar-refractivity contribution in [2.24, 2.45) is 5.41 Å². The molecule has 0 aliphatic rings. The van der Waals surface area contributed by atoms with E-state index in [1.54, 1.807) is 0 Å². The smallest absolute Gasteiger partial charge is 0.00382 e. The Balaban J connectivity index is 3.87. The predicted molar refractivity (Wildman–Crippen MR) is 73.3 cm³/mol. The third kappa shape index (κ3) is 5.16. The van der Waals surface area contributed by atoms with Gasteiger partial charge in [-0.1, -0.05) is 26.0 Å². The summed E-state index contributed by atoms with van der Waals surface area (Å²) in [6, 6.07) is 0. The molecule has 0 bridgehead atoms. The van der Waals surface area contributed by atoms with Crippen LogP contribution in [-0.2, 0) is 0 Å². The van der Waals surface area contributed by atoms with Crippen LogP contribution in [0.3, 0.4) is 0 Å². The van der Waals surface area contributed by atoms with E-state index in [0.29, 0.717) is 5.41 Å². The van der Waals surface area contributed by atoms with E-state index in [1.165, 1.54) is 18.6 Å². The molecule has 0 heterocycles. The van der Waals surface area contributed by atoms with Crippen molar-refractivity contribution in [1.82, 2.24) is 0 Å². The highest BCUT2D eigenvalue weighted by Gasteiger charge is 2.23. The molecule has 0 saturated carbocycles. The van der Waals surface area contributed by atoms with Crippen molar-refractivity contribution in [2.45, 2.75) is 33.1 Å². The van der Waals surface area contributed by atoms with Crippen molar-refractivity contribution in [3.05, 3.63) is 24.1 Å². The number of thioether (sulfide) groups is 1. The highest BCUT2D eigenvalue weighted by Crippen LogP contribution is 2.32. The standard InChI is InChI=1S/C12H22S2/c1-4-7-8-9-14-11-12(5-2,6-3)10-13/h4,8-9,13H,1,5-7,10-11H2,2-3H3/b9-8+. The van der Waals surface area contributed by atoms with Crippen LogP contribution in [0.1, 0.15) is 33.1 Å². The van der Waals surface area contributed by atoms with E-state index in [-0.39, 0.29) is 0 Å². The lowest BCUT2D eigenvalue weighted by atomic mass is 9.87. The Morgan fingerprint density at radius 3 is 2.43 bits per heavy atom. The molecule has 0 radical (unpaired) electrons. The van der Waals surface area contributed by atoms with E-state index in [2.05, 4.69) is 44.5 Å². The molecule has 0 amide bonds. The van der Waals surface area contributed by atoms with E-state index in [0.717, 1.165) is 12.2 Å². The van der Waals surface area contributed by atoms with Gasteiger partial charge in [-0.3, -0.25) is 0 Å². The van der Waals surface area contributed by atoms with Gasteiger partial charge in [0.05, 0.1) is 0 Å². The first-order valence-electron chi connectivity index (χ1n) is 5.23. The zero-order chi connectivity index (χ0) is 10.9. The summed E-state index contributed by atoms with van der Waals surface area (Å²) < 4.78 is 0. The van der Waals surface area contributed by atoms with Gasteiger partial charge >= 0.3 is 0 Å². The van der Waals surface area contributed by atoms with Crippen LogP contribution in [0, 0.1) is 5.41 Å². The molecule has 14 heavy (non-hydrogen) atoms. The number of thiol groups is 1. The van der Waals surface area contributed by atoms with Crippen molar-refractivity contribution in [1.29, 1.82) is 0 Å². The highest BCUT2D eigenvalue weighted by molar-refractivity contribution is 8.02. The number of hydrogen-bond donors (Lipinski definition) is 1. The van der Waals surface area contributed by atoms with Crippen LogP contribution in [0.4, 0.5) is 0 Å². The Morgan fingerprint density at radius 1 is 1.36 bits per heavy atom. The number of allylic oxidation sites excluding steroid dienone is 2. The van der Waals surface area contributed by atoms with Crippen molar-refractivity contribution < 1.29 is 0 Å². The minimum absolute atomic E-state index is 0.423. The second-order valence-electron chi connectivity index (χ2n) is 3.57. The molecule has 0 rings (SSSR count). The largest absolute Gasteiger partial charge is 0.179 e. The van der Waals surface area contributed by atoms with Gasteiger partial charge in [0, 0.05) is 5.75 Å². The fourth-order valence-electron chi connectivity index (χ4n) is 1.17. The number of rotatable bonds is 8. The summed E-state index contributed by atoms with van der Waals surface area (Å²) in [6.07, 6.45) is 7.48. The Labute approximate surface area is 98.7 Å². The molecule has 0 unspecified atom stereocenters. The first-order chi connectivity index (χ1) is 6.74. The molecular weight excluding hydrogens is 208 g/mol. The SMILES string of the molecule is C=CC/C=C/SCC(CC)(CC)CS. The summed E-state index contributed by atoms with van der Waals surface area (Å²) in [5, 5.41) is 2.19. The maximum atomic E-state index is 4.45. The minimum Gasteiger partial charge on any atom is -0.179 e. The topological polar surface area (TPSA) is 0 Å². The fraction of sp³-hybridized carbons (Fsp3) is 0.667. The maximum Gasteiger partial charge on any atom is 0.00382 e. The molecule has 0 nitrogen and oxygen atoms in total. The van der Waals surface area contributed by atoms with Crippen LogP contribution in [0.15, 0.2) is 24.1 Å². The van der Waals surface area contributed by atoms with Gasteiger partial charge in [0.2, 0.25) is 0 Å². The van der Waals surface area contributed by atoms with Crippen LogP contribution in [0.25, 0.3) is 0 Å². The lowest BCUT2D eigenvalue weighted by Gasteiger charge is -2.28. The molecule has 0 fully saturated rings. The van der Waals surface area contributed by atoms with E-state index >= 15 is 0 Å². The van der Waals surface area contributed by atoms with Crippen LogP contribution >= 0.6 is 24.4 Å². The second kappa shape index (κ2) is 8.49. The molecule has 0 aliphatic heterocycles. The lowest BCUT2D eigenvalue weighted by Crippen LogP contribution is -2.23. The summed E-state index contributed by atoms with van der Waals surface area (Å²) in [4.78, 5) is 0. The predicted octanol–water partition coefficient (Wildman–Crippen LogP) is 4.55. The lowest BCUT2D eigenvalue weighted by molar-refractivity contribution is 0.358. The van der Waals surface area contributed by atoms with Gasteiger partial charge in [-0.05, 0) is 35.8 Å². The summed E-state index contributed by atoms with van der Waals surface area (Å²) in [5.74, 6) is 2.17. The molecule has 0 aromatic rings. The zero-order valence-corrected chi connectivity index (χ0v) is 11.0. The summed E-state index contributed by atoms with van der Waals surface area (Å²) in [5.41, 5.74) is 0.423. The van der Waals surface area contributed by atoms with E-state index < -0.39 is 0 Å². The van der Waals surface area contributed by atoms with Crippen LogP contribution in [-0.4, -0.2) is 11.5 Å². The molecule has 0 saturated heterocycles. The molecule has 0 atom stereocenters. The van der Waals surface area contributed by atoms with Crippen LogP contribution in [0.2, 0.25) is 0 Å². The second-order valence-corrected chi connectivity index (χ2v) is 4.78. The monoisotopic (exact) mass is 230 g/mol. The van der Waals surface area contributed by atoms with E-state index in [1.807, 2.05) is 17.8 Å². The van der Waals surface area contributed by atoms with Crippen molar-refractivity contribution >= 4 is 24.4 Å². The highest BCUT2D eigenvalue weighted by atomic mass is 32.2. The van der Waals surface area contributed by atoms with Gasteiger partial charge in [0.25, 0.3) is 0 Å². The number of hydrogen-bond acceptors (Lipinski definition) is 2. The first kappa shape index (κ1) is 14.2. The van der Waals surface area contributed by atoms with Crippen LogP contribution in [0.5, 0.6) is 0 Å². The van der Waals surface area contributed by atoms with Gasteiger partial charge < -0.3 is 0 Å². The zero-order valence-electron chi connectivity index (χ0n) is 9.33. The molecule has 0 spiro atoms. The molecule has 0 aliphatic carbocycles. The van der Waals surface area contributed by atoms with Gasteiger partial charge in [-0.15, -0.1) is 18.3 Å². The molecule has 0 aromatic heterocycles. The molecule has 82 valence electrons. The third-order valence-electron chi connectivity index (χ3n) is 2.72. The molecule has 0 aromatic carbocycles. The van der Waals surface area contributed by atoms with Gasteiger partial charge in [-0.25, -0.2) is 0 Å². The van der Waals surface area contributed by atoms with Crippen molar-refractivity contribution in [3.63, 3.8) is 0 Å².